The summed E-state index contributed by atoms with van der Waals surface area (Å²) in [6, 6.07) is 8.33. The van der Waals surface area contributed by atoms with Crippen molar-refractivity contribution in [1.82, 2.24) is 5.06 Å². The SMILES string of the molecule is CCCC1COC2(CC(C)(C)N(OCCc3ccc(OCC4CO4)cc3)C(CC)(CC)C2)O1. The number of epoxide rings is 1. The van der Waals surface area contributed by atoms with Crippen molar-refractivity contribution in [3.63, 3.8) is 0 Å². The lowest BCUT2D eigenvalue weighted by Gasteiger charge is -2.58. The monoisotopic (exact) mass is 461 g/mol. The van der Waals surface area contributed by atoms with Gasteiger partial charge in [-0.3, -0.25) is 4.84 Å². The van der Waals surface area contributed by atoms with Crippen LogP contribution < -0.4 is 4.74 Å². The molecule has 186 valence electrons. The van der Waals surface area contributed by atoms with Gasteiger partial charge in [0.05, 0.1) is 31.5 Å². The number of hydrogen-bond donors (Lipinski definition) is 0. The largest absolute Gasteiger partial charge is 0.491 e. The van der Waals surface area contributed by atoms with E-state index in [1.165, 1.54) is 5.56 Å². The van der Waals surface area contributed by atoms with Crippen molar-refractivity contribution >= 4 is 0 Å². The topological polar surface area (TPSA) is 52.7 Å². The van der Waals surface area contributed by atoms with E-state index >= 15 is 0 Å². The van der Waals surface area contributed by atoms with Crippen molar-refractivity contribution in [2.24, 2.45) is 0 Å². The Balaban J connectivity index is 1.37. The predicted octanol–water partition coefficient (Wildman–Crippen LogP) is 5.28. The summed E-state index contributed by atoms with van der Waals surface area (Å²) in [6.07, 6.45) is 7.20. The fraction of sp³-hybridized carbons (Fsp3) is 0.778. The van der Waals surface area contributed by atoms with Crippen LogP contribution in [0.15, 0.2) is 24.3 Å². The molecule has 4 rings (SSSR count). The van der Waals surface area contributed by atoms with Crippen LogP contribution in [-0.4, -0.2) is 60.6 Å². The fourth-order valence-electron chi connectivity index (χ4n) is 5.73. The van der Waals surface area contributed by atoms with Crippen LogP contribution in [0, 0.1) is 0 Å². The highest BCUT2D eigenvalue weighted by Gasteiger charge is 2.59. The molecule has 1 aromatic carbocycles. The molecule has 3 aliphatic rings. The van der Waals surface area contributed by atoms with Gasteiger partial charge in [0.25, 0.3) is 0 Å². The minimum atomic E-state index is -0.490. The van der Waals surface area contributed by atoms with Crippen molar-refractivity contribution in [1.29, 1.82) is 0 Å². The molecule has 3 aliphatic heterocycles. The van der Waals surface area contributed by atoms with Gasteiger partial charge in [0, 0.05) is 18.4 Å². The maximum atomic E-state index is 6.57. The highest BCUT2D eigenvalue weighted by Crippen LogP contribution is 2.51. The van der Waals surface area contributed by atoms with Gasteiger partial charge in [0.15, 0.2) is 5.79 Å². The molecule has 0 N–H and O–H groups in total. The average Bonchev–Trinajstić information content (AvgIpc) is 3.56. The van der Waals surface area contributed by atoms with Gasteiger partial charge in [-0.1, -0.05) is 39.3 Å². The second-order valence-electron chi connectivity index (χ2n) is 10.6. The van der Waals surface area contributed by atoms with Gasteiger partial charge in [0.2, 0.25) is 0 Å². The minimum Gasteiger partial charge on any atom is -0.491 e. The third kappa shape index (κ3) is 5.73. The van der Waals surface area contributed by atoms with Gasteiger partial charge >= 0.3 is 0 Å². The van der Waals surface area contributed by atoms with Crippen LogP contribution in [0.5, 0.6) is 5.75 Å². The molecular weight excluding hydrogens is 418 g/mol. The molecule has 33 heavy (non-hydrogen) atoms. The van der Waals surface area contributed by atoms with E-state index in [9.17, 15) is 0 Å². The fourth-order valence-corrected chi connectivity index (χ4v) is 5.73. The van der Waals surface area contributed by atoms with E-state index in [0.29, 0.717) is 19.8 Å². The van der Waals surface area contributed by atoms with Crippen molar-refractivity contribution in [3.8, 4) is 5.75 Å². The summed E-state index contributed by atoms with van der Waals surface area (Å²) >= 11 is 0. The molecule has 3 unspecified atom stereocenters. The van der Waals surface area contributed by atoms with Crippen molar-refractivity contribution in [3.05, 3.63) is 29.8 Å². The summed E-state index contributed by atoms with van der Waals surface area (Å²) < 4.78 is 23.9. The Morgan fingerprint density at radius 3 is 2.36 bits per heavy atom. The van der Waals surface area contributed by atoms with Crippen LogP contribution in [-0.2, 0) is 25.5 Å². The third-order valence-corrected chi connectivity index (χ3v) is 7.49. The molecule has 0 saturated carbocycles. The second-order valence-corrected chi connectivity index (χ2v) is 10.6. The summed E-state index contributed by atoms with van der Waals surface area (Å²) in [6.45, 7) is 14.1. The molecule has 0 aromatic heterocycles. The molecule has 0 bridgehead atoms. The summed E-state index contributed by atoms with van der Waals surface area (Å²) in [5, 5.41) is 2.29. The van der Waals surface area contributed by atoms with E-state index in [2.05, 4.69) is 51.8 Å². The lowest BCUT2D eigenvalue weighted by Crippen LogP contribution is -2.67. The van der Waals surface area contributed by atoms with E-state index in [4.69, 9.17) is 23.8 Å². The third-order valence-electron chi connectivity index (χ3n) is 7.49. The van der Waals surface area contributed by atoms with Gasteiger partial charge < -0.3 is 18.9 Å². The quantitative estimate of drug-likeness (QED) is 0.418. The van der Waals surface area contributed by atoms with Crippen molar-refractivity contribution in [2.75, 3.05) is 26.4 Å². The molecule has 1 aromatic rings. The van der Waals surface area contributed by atoms with E-state index in [-0.39, 0.29) is 23.3 Å². The Hall–Kier alpha value is -1.18. The van der Waals surface area contributed by atoms with Crippen LogP contribution in [0.3, 0.4) is 0 Å². The minimum absolute atomic E-state index is 0.106. The normalized spacial score (nSPS) is 30.6. The Morgan fingerprint density at radius 1 is 1.00 bits per heavy atom. The predicted molar refractivity (Wildman–Crippen MR) is 128 cm³/mol. The van der Waals surface area contributed by atoms with Gasteiger partial charge in [-0.2, -0.15) is 5.06 Å². The number of ether oxygens (including phenoxy) is 4. The number of rotatable bonds is 11. The first-order valence-electron chi connectivity index (χ1n) is 12.9. The Labute approximate surface area is 199 Å². The second kappa shape index (κ2) is 10.2. The van der Waals surface area contributed by atoms with E-state index in [0.717, 1.165) is 57.3 Å². The van der Waals surface area contributed by atoms with Crippen LogP contribution in [0.2, 0.25) is 0 Å². The van der Waals surface area contributed by atoms with Gasteiger partial charge in [-0.25, -0.2) is 0 Å². The van der Waals surface area contributed by atoms with Crippen LogP contribution in [0.25, 0.3) is 0 Å². The van der Waals surface area contributed by atoms with Gasteiger partial charge in [-0.15, -0.1) is 0 Å². The number of piperidine rings is 1. The zero-order chi connectivity index (χ0) is 23.5. The first kappa shape index (κ1) is 24.9. The Bertz CT molecular complexity index is 758. The molecule has 6 heteroatoms. The molecule has 3 atom stereocenters. The lowest BCUT2D eigenvalue weighted by atomic mass is 9.73. The molecule has 1 spiro atoms. The maximum Gasteiger partial charge on any atom is 0.172 e. The molecular formula is C27H43NO5. The first-order chi connectivity index (χ1) is 15.8. The highest BCUT2D eigenvalue weighted by atomic mass is 16.7. The molecule has 3 heterocycles. The standard InChI is InChI=1S/C27H43NO5/c1-6-9-23-18-31-27(33-23)19-25(4,5)28(26(7-2,8-3)20-27)32-15-14-21-10-12-22(13-11-21)29-16-24-17-30-24/h10-13,23-24H,6-9,14-20H2,1-5H3. The summed E-state index contributed by atoms with van der Waals surface area (Å²) in [4.78, 5) is 6.57. The first-order valence-corrected chi connectivity index (χ1v) is 12.9. The van der Waals surface area contributed by atoms with Gasteiger partial charge in [0.1, 0.15) is 18.5 Å². The number of nitrogens with zero attached hydrogens (tertiary/aromatic N) is 1. The van der Waals surface area contributed by atoms with Crippen LogP contribution in [0.1, 0.15) is 78.7 Å². The summed E-state index contributed by atoms with van der Waals surface area (Å²) in [5.41, 5.74) is 0.958. The molecule has 0 aliphatic carbocycles. The Morgan fingerprint density at radius 2 is 1.73 bits per heavy atom. The molecule has 0 amide bonds. The summed E-state index contributed by atoms with van der Waals surface area (Å²) in [5.74, 6) is 0.405. The smallest absolute Gasteiger partial charge is 0.172 e. The van der Waals surface area contributed by atoms with Crippen LogP contribution >= 0.6 is 0 Å². The number of hydroxylamine groups is 2. The lowest BCUT2D eigenvalue weighted by molar-refractivity contribution is -0.345. The molecule has 3 saturated heterocycles. The van der Waals surface area contributed by atoms with Crippen molar-refractivity contribution < 1.29 is 23.8 Å². The highest BCUT2D eigenvalue weighted by molar-refractivity contribution is 5.27. The van der Waals surface area contributed by atoms with E-state index in [1.807, 2.05) is 12.1 Å². The summed E-state index contributed by atoms with van der Waals surface area (Å²) in [7, 11) is 0. The zero-order valence-corrected chi connectivity index (χ0v) is 21.2. The maximum absolute atomic E-state index is 6.57. The van der Waals surface area contributed by atoms with E-state index < -0.39 is 5.79 Å². The average molecular weight is 462 g/mol. The molecule has 0 radical (unpaired) electrons. The van der Waals surface area contributed by atoms with Gasteiger partial charge in [-0.05, 0) is 57.2 Å². The molecule has 3 fully saturated rings. The van der Waals surface area contributed by atoms with Crippen molar-refractivity contribution in [2.45, 2.75) is 109 Å². The zero-order valence-electron chi connectivity index (χ0n) is 21.2. The number of hydrogen-bond acceptors (Lipinski definition) is 6. The van der Waals surface area contributed by atoms with Crippen LogP contribution in [0.4, 0.5) is 0 Å². The number of benzene rings is 1. The van der Waals surface area contributed by atoms with E-state index in [1.54, 1.807) is 0 Å². The Kier molecular flexibility index (Phi) is 7.71. The molecule has 6 nitrogen and oxygen atoms in total.